The maximum Gasteiger partial charge on any atom is 0.344 e. The maximum atomic E-state index is 12.2. The first-order chi connectivity index (χ1) is 14.9. The summed E-state index contributed by atoms with van der Waals surface area (Å²) in [5.41, 5.74) is 1.59. The van der Waals surface area contributed by atoms with Crippen molar-refractivity contribution in [1.29, 1.82) is 0 Å². The molecular weight excluding hydrogens is 440 g/mol. The average molecular weight is 459 g/mol. The van der Waals surface area contributed by atoms with Crippen LogP contribution in [0, 0.1) is 12.8 Å². The normalized spacial score (nSPS) is 13.0. The number of aromatic nitrogens is 4. The number of aryl methyl sites for hydroxylation is 1. The van der Waals surface area contributed by atoms with E-state index in [1.54, 1.807) is 6.07 Å². The first-order valence-electron chi connectivity index (χ1n) is 9.46. The zero-order valence-electron chi connectivity index (χ0n) is 16.7. The third-order valence-corrected chi connectivity index (χ3v) is 5.61. The lowest BCUT2D eigenvalue weighted by Gasteiger charge is -2.11. The molecule has 1 saturated carbocycles. The number of nitrogens with one attached hydrogen (secondary N) is 3. The molecule has 0 atom stereocenters. The van der Waals surface area contributed by atoms with E-state index < -0.39 is 5.97 Å². The second-order valence-electron chi connectivity index (χ2n) is 6.96. The number of carbonyl (C=O) groups excluding carboxylic acids is 2. The highest BCUT2D eigenvalue weighted by Crippen LogP contribution is 2.33. The Morgan fingerprint density at radius 3 is 2.58 bits per heavy atom. The van der Waals surface area contributed by atoms with Crippen LogP contribution in [0.5, 0.6) is 0 Å². The lowest BCUT2D eigenvalue weighted by Crippen LogP contribution is -2.13. The number of halogens is 1. The van der Waals surface area contributed by atoms with Crippen molar-refractivity contribution >= 4 is 52.6 Å². The van der Waals surface area contributed by atoms with Gasteiger partial charge < -0.3 is 15.4 Å². The summed E-state index contributed by atoms with van der Waals surface area (Å²) >= 11 is 7.55. The Kier molecular flexibility index (Phi) is 6.10. The summed E-state index contributed by atoms with van der Waals surface area (Å²) in [6, 6.07) is 9.10. The van der Waals surface area contributed by atoms with E-state index in [1.165, 1.54) is 18.9 Å². The van der Waals surface area contributed by atoms with Crippen molar-refractivity contribution in [3.05, 3.63) is 46.7 Å². The smallest absolute Gasteiger partial charge is 0.344 e. The Labute approximate surface area is 187 Å². The van der Waals surface area contributed by atoms with Crippen molar-refractivity contribution in [3.63, 3.8) is 0 Å². The first kappa shape index (κ1) is 21.1. The number of amides is 1. The van der Waals surface area contributed by atoms with Gasteiger partial charge >= 0.3 is 5.97 Å². The molecule has 1 amide bonds. The number of aromatic amines is 1. The number of nitrogens with zero attached hydrogens (tertiary/aromatic N) is 3. The molecule has 0 spiro atoms. The van der Waals surface area contributed by atoms with Crippen LogP contribution in [0.2, 0.25) is 5.15 Å². The molecule has 9 nitrogen and oxygen atoms in total. The highest BCUT2D eigenvalue weighted by atomic mass is 35.5. The van der Waals surface area contributed by atoms with Crippen LogP contribution in [0.25, 0.3) is 0 Å². The van der Waals surface area contributed by atoms with Crippen LogP contribution in [0.15, 0.2) is 40.4 Å². The predicted molar refractivity (Wildman–Crippen MR) is 117 cm³/mol. The second-order valence-corrected chi connectivity index (χ2v) is 8.36. The Morgan fingerprint density at radius 1 is 1.23 bits per heavy atom. The number of hydrogen-bond acceptors (Lipinski definition) is 8. The van der Waals surface area contributed by atoms with Crippen LogP contribution >= 0.6 is 23.4 Å². The van der Waals surface area contributed by atoms with E-state index in [-0.39, 0.29) is 28.4 Å². The summed E-state index contributed by atoms with van der Waals surface area (Å²) < 4.78 is 4.81. The minimum atomic E-state index is -0.660. The number of benzene rings is 1. The van der Waals surface area contributed by atoms with Crippen LogP contribution in [0.4, 0.5) is 17.3 Å². The highest BCUT2D eigenvalue weighted by molar-refractivity contribution is 7.99. The van der Waals surface area contributed by atoms with Crippen molar-refractivity contribution < 1.29 is 14.3 Å². The molecule has 0 aliphatic heterocycles. The van der Waals surface area contributed by atoms with E-state index in [9.17, 15) is 9.59 Å². The quantitative estimate of drug-likeness (QED) is 0.273. The molecule has 3 aromatic rings. The molecule has 0 radical (unpaired) electrons. The van der Waals surface area contributed by atoms with E-state index in [0.717, 1.165) is 29.1 Å². The zero-order chi connectivity index (χ0) is 22.0. The fourth-order valence-electron chi connectivity index (χ4n) is 2.74. The van der Waals surface area contributed by atoms with Crippen molar-refractivity contribution in [3.8, 4) is 0 Å². The van der Waals surface area contributed by atoms with Gasteiger partial charge in [-0.1, -0.05) is 11.6 Å². The van der Waals surface area contributed by atoms with Crippen molar-refractivity contribution in [1.82, 2.24) is 20.2 Å². The molecule has 31 heavy (non-hydrogen) atoms. The molecule has 1 aliphatic carbocycles. The van der Waals surface area contributed by atoms with Gasteiger partial charge in [0, 0.05) is 28.3 Å². The minimum absolute atomic E-state index is 0.0207. The molecule has 0 saturated heterocycles. The van der Waals surface area contributed by atoms with E-state index in [4.69, 9.17) is 16.3 Å². The highest BCUT2D eigenvalue weighted by Gasteiger charge is 2.29. The van der Waals surface area contributed by atoms with Crippen molar-refractivity contribution in [2.45, 2.75) is 29.8 Å². The summed E-state index contributed by atoms with van der Waals surface area (Å²) in [6.07, 6.45) is 1.90. The molecule has 4 rings (SSSR count). The topological polar surface area (TPSA) is 122 Å². The van der Waals surface area contributed by atoms with Crippen molar-refractivity contribution in [2.24, 2.45) is 5.92 Å². The van der Waals surface area contributed by atoms with E-state index in [0.29, 0.717) is 11.0 Å². The molecule has 1 fully saturated rings. The predicted octanol–water partition coefficient (Wildman–Crippen LogP) is 4.19. The number of ether oxygens (including phenoxy) is 1. The van der Waals surface area contributed by atoms with Gasteiger partial charge in [-0.05, 0) is 55.8 Å². The number of anilines is 3. The molecule has 160 valence electrons. The Balaban J connectivity index is 1.56. The fraction of sp³-hybridized carbons (Fsp3) is 0.250. The van der Waals surface area contributed by atoms with Crippen LogP contribution in [-0.2, 0) is 9.53 Å². The maximum absolute atomic E-state index is 12.2. The number of hydrogen-bond donors (Lipinski definition) is 3. The summed E-state index contributed by atoms with van der Waals surface area (Å²) in [7, 11) is 1.26. The number of esters is 1. The van der Waals surface area contributed by atoms with Gasteiger partial charge in [0.25, 0.3) is 0 Å². The Morgan fingerprint density at radius 2 is 1.97 bits per heavy atom. The number of H-pyrrole nitrogens is 1. The zero-order valence-corrected chi connectivity index (χ0v) is 18.3. The SMILES string of the molecule is COC(=O)c1c(Cl)nc(Sc2ccc(NC(=O)C3CC3)cc2)nc1Nc1cc(C)[nH]n1. The third-order valence-electron chi connectivity index (χ3n) is 4.47. The lowest BCUT2D eigenvalue weighted by atomic mass is 10.3. The average Bonchev–Trinajstić information content (AvgIpc) is 3.51. The van der Waals surface area contributed by atoms with E-state index in [2.05, 4.69) is 30.8 Å². The number of methoxy groups -OCH3 is 1. The van der Waals surface area contributed by atoms with Gasteiger partial charge in [0.05, 0.1) is 7.11 Å². The van der Waals surface area contributed by atoms with Gasteiger partial charge in [-0.3, -0.25) is 9.89 Å². The largest absolute Gasteiger partial charge is 0.465 e. The van der Waals surface area contributed by atoms with E-state index >= 15 is 0 Å². The van der Waals surface area contributed by atoms with Gasteiger partial charge in [-0.2, -0.15) is 5.10 Å². The van der Waals surface area contributed by atoms with E-state index in [1.807, 2.05) is 31.2 Å². The standard InChI is InChI=1S/C20H19ClN6O3S/c1-10-9-14(27-26-10)23-17-15(19(29)30-2)16(21)24-20(25-17)31-13-7-5-12(6-8-13)22-18(28)11-3-4-11/h5-9,11H,3-4H2,1-2H3,(H,22,28)(H2,23,24,25,26,27). The summed E-state index contributed by atoms with van der Waals surface area (Å²) in [5, 5.41) is 13.1. The molecule has 1 aliphatic rings. The molecule has 0 unspecified atom stereocenters. The Hall–Kier alpha value is -3.11. The molecule has 2 heterocycles. The summed E-state index contributed by atoms with van der Waals surface area (Å²) in [5.74, 6) is 0.200. The van der Waals surface area contributed by atoms with Crippen LogP contribution < -0.4 is 10.6 Å². The van der Waals surface area contributed by atoms with Crippen LogP contribution in [0.1, 0.15) is 28.9 Å². The molecular formula is C20H19ClN6O3S. The third kappa shape index (κ3) is 5.15. The number of rotatable bonds is 7. The van der Waals surface area contributed by atoms with Gasteiger partial charge in [-0.25, -0.2) is 14.8 Å². The van der Waals surface area contributed by atoms with Crippen LogP contribution in [0.3, 0.4) is 0 Å². The van der Waals surface area contributed by atoms with Gasteiger partial charge in [0.1, 0.15) is 10.7 Å². The molecule has 11 heteroatoms. The Bertz CT molecular complexity index is 1130. The first-order valence-corrected chi connectivity index (χ1v) is 10.7. The molecule has 2 aromatic heterocycles. The summed E-state index contributed by atoms with van der Waals surface area (Å²) in [4.78, 5) is 33.6. The second kappa shape index (κ2) is 8.94. The minimum Gasteiger partial charge on any atom is -0.465 e. The van der Waals surface area contributed by atoms with Gasteiger partial charge in [0.15, 0.2) is 16.8 Å². The van der Waals surface area contributed by atoms with Crippen LogP contribution in [-0.4, -0.2) is 39.2 Å². The lowest BCUT2D eigenvalue weighted by molar-refractivity contribution is -0.117. The fourth-order valence-corrected chi connectivity index (χ4v) is 3.79. The van der Waals surface area contributed by atoms with Crippen molar-refractivity contribution in [2.75, 3.05) is 17.7 Å². The monoisotopic (exact) mass is 458 g/mol. The molecule has 3 N–H and O–H groups in total. The molecule has 0 bridgehead atoms. The van der Waals surface area contributed by atoms with Gasteiger partial charge in [0.2, 0.25) is 5.91 Å². The van der Waals surface area contributed by atoms with Gasteiger partial charge in [-0.15, -0.1) is 0 Å². The summed E-state index contributed by atoms with van der Waals surface area (Å²) in [6.45, 7) is 1.85. The number of carbonyl (C=O) groups is 2. The molecule has 1 aromatic carbocycles.